The molecule has 2 heterocycles. The summed E-state index contributed by atoms with van der Waals surface area (Å²) >= 11 is 1.24. The summed E-state index contributed by atoms with van der Waals surface area (Å²) in [5.41, 5.74) is 7.89. The van der Waals surface area contributed by atoms with Crippen molar-refractivity contribution in [3.8, 4) is 11.4 Å². The number of carbonyl (C=O) groups is 1. The predicted octanol–water partition coefficient (Wildman–Crippen LogP) is 2.26. The topological polar surface area (TPSA) is 107 Å². The van der Waals surface area contributed by atoms with E-state index in [9.17, 15) is 4.79 Å². The van der Waals surface area contributed by atoms with Gasteiger partial charge in [0, 0.05) is 5.56 Å². The molecule has 118 valence electrons. The highest BCUT2D eigenvalue weighted by molar-refractivity contribution is 7.99. The third-order valence-electron chi connectivity index (χ3n) is 3.02. The summed E-state index contributed by atoms with van der Waals surface area (Å²) in [6.45, 7) is 2.13. The molecule has 1 aromatic carbocycles. The summed E-state index contributed by atoms with van der Waals surface area (Å²) in [4.78, 5) is 27.5. The van der Waals surface area contributed by atoms with E-state index in [2.05, 4.69) is 19.9 Å². The lowest BCUT2D eigenvalue weighted by molar-refractivity contribution is -0.139. The van der Waals surface area contributed by atoms with E-state index in [0.29, 0.717) is 34.6 Å². The van der Waals surface area contributed by atoms with Crippen molar-refractivity contribution in [2.24, 2.45) is 0 Å². The van der Waals surface area contributed by atoms with Gasteiger partial charge in [-0.05, 0) is 6.92 Å². The fraction of sp³-hybridized carbons (Fsp3) is 0.200. The maximum Gasteiger partial charge on any atom is 0.316 e. The molecule has 0 aliphatic carbocycles. The number of carbonyl (C=O) groups excluding carboxylic acids is 1. The lowest BCUT2D eigenvalue weighted by Gasteiger charge is -2.01. The molecule has 0 atom stereocenters. The molecule has 0 saturated heterocycles. The Morgan fingerprint density at radius 2 is 2.04 bits per heavy atom. The number of nitrogens with two attached hydrogens (primary N) is 1. The van der Waals surface area contributed by atoms with Gasteiger partial charge in [-0.3, -0.25) is 4.79 Å². The van der Waals surface area contributed by atoms with E-state index in [1.165, 1.54) is 11.8 Å². The van der Waals surface area contributed by atoms with Crippen LogP contribution in [0.2, 0.25) is 0 Å². The Bertz CT molecular complexity index is 835. The Morgan fingerprint density at radius 1 is 1.26 bits per heavy atom. The molecular formula is C15H15N5O2S. The van der Waals surface area contributed by atoms with Gasteiger partial charge in [-0.2, -0.15) is 0 Å². The Hall–Kier alpha value is -2.61. The van der Waals surface area contributed by atoms with Crippen LogP contribution in [0.4, 0.5) is 5.82 Å². The van der Waals surface area contributed by atoms with Gasteiger partial charge in [0.05, 0.1) is 12.4 Å². The van der Waals surface area contributed by atoms with Gasteiger partial charge in [0.2, 0.25) is 0 Å². The zero-order chi connectivity index (χ0) is 16.2. The van der Waals surface area contributed by atoms with Gasteiger partial charge in [0.1, 0.15) is 5.52 Å². The van der Waals surface area contributed by atoms with E-state index >= 15 is 0 Å². The normalized spacial score (nSPS) is 10.8. The van der Waals surface area contributed by atoms with Crippen LogP contribution in [0, 0.1) is 0 Å². The van der Waals surface area contributed by atoms with Crippen molar-refractivity contribution in [1.82, 2.24) is 19.9 Å². The third-order valence-corrected chi connectivity index (χ3v) is 3.87. The quantitative estimate of drug-likeness (QED) is 0.546. The zero-order valence-corrected chi connectivity index (χ0v) is 13.3. The monoisotopic (exact) mass is 329 g/mol. The summed E-state index contributed by atoms with van der Waals surface area (Å²) in [5, 5.41) is 0.555. The lowest BCUT2D eigenvalue weighted by Crippen LogP contribution is -2.06. The maximum absolute atomic E-state index is 11.4. The number of anilines is 1. The lowest BCUT2D eigenvalue weighted by atomic mass is 10.2. The third kappa shape index (κ3) is 3.42. The number of nitrogens with zero attached hydrogens (tertiary/aromatic N) is 3. The number of hydrogen-bond donors (Lipinski definition) is 2. The van der Waals surface area contributed by atoms with E-state index in [1.807, 2.05) is 30.3 Å². The SMILES string of the molecule is CCOC(=O)CSc1nc2nc(-c3ccccc3)nc(N)c2[nH]1. The largest absolute Gasteiger partial charge is 0.465 e. The number of thioether (sulfide) groups is 1. The number of benzene rings is 1. The summed E-state index contributed by atoms with van der Waals surface area (Å²) in [5.74, 6) is 0.724. The molecule has 0 spiro atoms. The summed E-state index contributed by atoms with van der Waals surface area (Å²) in [7, 11) is 0. The molecule has 2 aromatic heterocycles. The molecule has 0 unspecified atom stereocenters. The molecule has 0 aliphatic rings. The highest BCUT2D eigenvalue weighted by atomic mass is 32.2. The number of aromatic amines is 1. The van der Waals surface area contributed by atoms with Gasteiger partial charge in [-0.1, -0.05) is 42.1 Å². The minimum Gasteiger partial charge on any atom is -0.465 e. The Kier molecular flexibility index (Phi) is 4.42. The molecule has 3 rings (SSSR count). The summed E-state index contributed by atoms with van der Waals surface area (Å²) in [6, 6.07) is 9.55. The number of ether oxygens (including phenoxy) is 1. The molecule has 0 bridgehead atoms. The van der Waals surface area contributed by atoms with Crippen LogP contribution in [0.25, 0.3) is 22.6 Å². The van der Waals surface area contributed by atoms with Crippen LogP contribution in [0.15, 0.2) is 35.5 Å². The van der Waals surface area contributed by atoms with Crippen molar-refractivity contribution in [1.29, 1.82) is 0 Å². The van der Waals surface area contributed by atoms with Crippen molar-refractivity contribution in [2.45, 2.75) is 12.1 Å². The summed E-state index contributed by atoms with van der Waals surface area (Å²) < 4.78 is 4.88. The highest BCUT2D eigenvalue weighted by Gasteiger charge is 2.13. The Morgan fingerprint density at radius 3 is 2.78 bits per heavy atom. The van der Waals surface area contributed by atoms with Gasteiger partial charge < -0.3 is 15.5 Å². The van der Waals surface area contributed by atoms with Crippen LogP contribution < -0.4 is 5.73 Å². The molecule has 0 amide bonds. The van der Waals surface area contributed by atoms with Crippen molar-refractivity contribution in [3.05, 3.63) is 30.3 Å². The van der Waals surface area contributed by atoms with Crippen LogP contribution in [-0.4, -0.2) is 38.3 Å². The predicted molar refractivity (Wildman–Crippen MR) is 88.9 cm³/mol. The van der Waals surface area contributed by atoms with Crippen LogP contribution in [0.3, 0.4) is 0 Å². The average Bonchev–Trinajstić information content (AvgIpc) is 2.98. The number of hydrogen-bond acceptors (Lipinski definition) is 7. The molecule has 3 N–H and O–H groups in total. The first-order chi connectivity index (χ1) is 11.2. The maximum atomic E-state index is 11.4. The number of nitrogens with one attached hydrogen (secondary N) is 1. The smallest absolute Gasteiger partial charge is 0.316 e. The highest BCUT2D eigenvalue weighted by Crippen LogP contribution is 2.24. The van der Waals surface area contributed by atoms with Gasteiger partial charge in [0.15, 0.2) is 22.4 Å². The minimum atomic E-state index is -0.290. The number of aromatic nitrogens is 4. The van der Waals surface area contributed by atoms with Gasteiger partial charge in [0.25, 0.3) is 0 Å². The first kappa shape index (κ1) is 15.3. The van der Waals surface area contributed by atoms with Crippen molar-refractivity contribution in [2.75, 3.05) is 18.1 Å². The number of imidazole rings is 1. The second-order valence-corrected chi connectivity index (χ2v) is 5.60. The molecule has 8 heteroatoms. The van der Waals surface area contributed by atoms with E-state index < -0.39 is 0 Å². The van der Waals surface area contributed by atoms with Gasteiger partial charge >= 0.3 is 5.97 Å². The van der Waals surface area contributed by atoms with E-state index in [1.54, 1.807) is 6.92 Å². The van der Waals surface area contributed by atoms with Crippen LogP contribution in [0.1, 0.15) is 6.92 Å². The van der Waals surface area contributed by atoms with Crippen LogP contribution in [0.5, 0.6) is 0 Å². The molecular weight excluding hydrogens is 314 g/mol. The average molecular weight is 329 g/mol. The van der Waals surface area contributed by atoms with Gasteiger partial charge in [-0.15, -0.1) is 0 Å². The summed E-state index contributed by atoms with van der Waals surface area (Å²) in [6.07, 6.45) is 0. The first-order valence-electron chi connectivity index (χ1n) is 7.04. The number of rotatable bonds is 5. The van der Waals surface area contributed by atoms with E-state index in [-0.39, 0.29) is 11.7 Å². The Balaban J connectivity index is 1.88. The molecule has 0 radical (unpaired) electrons. The molecule has 7 nitrogen and oxygen atoms in total. The number of fused-ring (bicyclic) bond motifs is 1. The van der Waals surface area contributed by atoms with E-state index in [4.69, 9.17) is 10.5 Å². The number of esters is 1. The number of nitrogen functional groups attached to an aromatic ring is 1. The van der Waals surface area contributed by atoms with Gasteiger partial charge in [-0.25, -0.2) is 15.0 Å². The van der Waals surface area contributed by atoms with Crippen LogP contribution in [-0.2, 0) is 9.53 Å². The second kappa shape index (κ2) is 6.66. The standard InChI is InChI=1S/C15H15N5O2S/c1-2-22-10(21)8-23-15-17-11-12(16)18-13(19-14(11)20-15)9-6-4-3-5-7-9/h3-7H,2,8H2,1H3,(H3,16,17,18,19,20). The minimum absolute atomic E-state index is 0.173. The van der Waals surface area contributed by atoms with Crippen molar-refractivity contribution in [3.63, 3.8) is 0 Å². The zero-order valence-electron chi connectivity index (χ0n) is 12.4. The molecule has 23 heavy (non-hydrogen) atoms. The molecule has 3 aromatic rings. The van der Waals surface area contributed by atoms with Crippen molar-refractivity contribution >= 4 is 34.7 Å². The van der Waals surface area contributed by atoms with Crippen molar-refractivity contribution < 1.29 is 9.53 Å². The molecule has 0 aliphatic heterocycles. The van der Waals surface area contributed by atoms with Crippen LogP contribution >= 0.6 is 11.8 Å². The fourth-order valence-electron chi connectivity index (χ4n) is 2.01. The molecule has 0 saturated carbocycles. The molecule has 0 fully saturated rings. The van der Waals surface area contributed by atoms with E-state index in [0.717, 1.165) is 5.56 Å². The number of H-pyrrole nitrogens is 1. The Labute approximate surface area is 136 Å². The second-order valence-electron chi connectivity index (χ2n) is 4.63. The fourth-order valence-corrected chi connectivity index (χ4v) is 2.68. The first-order valence-corrected chi connectivity index (χ1v) is 8.03.